The first-order chi connectivity index (χ1) is 17.8. The normalized spacial score (nSPS) is 18.9. The zero-order chi connectivity index (χ0) is 26.5. The number of hydrogen-bond acceptors (Lipinski definition) is 9. The SMILES string of the molecule is CCOC(=O)[C@@H]1CC(OC(=O)Cn2cc(Nc3ncc4ccn(CC(CC)C(C)C)c4n3)cn2)CN1C. The average molecular weight is 512 g/mol. The quantitative estimate of drug-likeness (QED) is 0.387. The minimum Gasteiger partial charge on any atom is -0.465 e. The van der Waals surface area contributed by atoms with Gasteiger partial charge in [0, 0.05) is 43.5 Å². The van der Waals surface area contributed by atoms with Gasteiger partial charge >= 0.3 is 11.9 Å². The lowest BCUT2D eigenvalue weighted by Gasteiger charge is -2.20. The van der Waals surface area contributed by atoms with Crippen LogP contribution in [-0.2, 0) is 32.2 Å². The van der Waals surface area contributed by atoms with Crippen LogP contribution in [0.4, 0.5) is 11.6 Å². The lowest BCUT2D eigenvalue weighted by atomic mass is 9.93. The van der Waals surface area contributed by atoms with Gasteiger partial charge in [0.15, 0.2) is 0 Å². The molecule has 2 unspecified atom stereocenters. The smallest absolute Gasteiger partial charge is 0.328 e. The topological polar surface area (TPSA) is 116 Å². The molecule has 0 spiro atoms. The van der Waals surface area contributed by atoms with Crippen LogP contribution in [0.5, 0.6) is 0 Å². The molecule has 1 N–H and O–H groups in total. The first-order valence-corrected chi connectivity index (χ1v) is 12.9. The van der Waals surface area contributed by atoms with Crippen molar-refractivity contribution in [2.45, 2.75) is 65.8 Å². The Kier molecular flexibility index (Phi) is 8.42. The van der Waals surface area contributed by atoms with Gasteiger partial charge in [-0.1, -0.05) is 27.2 Å². The Hall–Kier alpha value is -3.47. The molecule has 4 rings (SSSR count). The predicted octanol–water partition coefficient (Wildman–Crippen LogP) is 3.23. The molecule has 0 aromatic carbocycles. The molecule has 1 saturated heterocycles. The van der Waals surface area contributed by atoms with Crippen LogP contribution in [0, 0.1) is 11.8 Å². The molecule has 0 radical (unpaired) electrons. The number of anilines is 2. The summed E-state index contributed by atoms with van der Waals surface area (Å²) in [5.74, 6) is 0.924. The number of hydrogen-bond donors (Lipinski definition) is 1. The Morgan fingerprint density at radius 1 is 1.24 bits per heavy atom. The highest BCUT2D eigenvalue weighted by atomic mass is 16.5. The third-order valence-corrected chi connectivity index (χ3v) is 6.95. The minimum atomic E-state index is -0.413. The molecule has 3 aromatic heterocycles. The number of carbonyl (C=O) groups is 2. The molecule has 1 fully saturated rings. The molecule has 37 heavy (non-hydrogen) atoms. The standard InChI is InChI=1S/C26H37N7O4/c1-6-18(17(3)4)13-32-9-8-19-11-27-26(30-24(19)32)29-20-12-28-33(14-20)16-23(34)37-21-10-22(31(5)15-21)25(35)36-7-2/h8-9,11-12,14,17-18,21-22H,6-7,10,13,15-16H2,1-5H3,(H,27,29,30)/t18?,21?,22-/m0/s1. The molecule has 0 bridgehead atoms. The fraction of sp³-hybridized carbons (Fsp3) is 0.577. The number of likely N-dealkylation sites (N-methyl/N-ethyl adjacent to an activating group) is 1. The summed E-state index contributed by atoms with van der Waals surface area (Å²) in [6, 6.07) is 1.64. The van der Waals surface area contributed by atoms with Crippen LogP contribution >= 0.6 is 0 Å². The second-order valence-electron chi connectivity index (χ2n) is 9.96. The largest absolute Gasteiger partial charge is 0.465 e. The monoisotopic (exact) mass is 511 g/mol. The van der Waals surface area contributed by atoms with Gasteiger partial charge in [0.1, 0.15) is 24.3 Å². The van der Waals surface area contributed by atoms with Crippen molar-refractivity contribution in [1.82, 2.24) is 29.2 Å². The fourth-order valence-corrected chi connectivity index (χ4v) is 4.79. The molecule has 11 nitrogen and oxygen atoms in total. The van der Waals surface area contributed by atoms with Gasteiger partial charge in [0.05, 0.1) is 18.5 Å². The van der Waals surface area contributed by atoms with E-state index < -0.39 is 12.0 Å². The average Bonchev–Trinajstić information content (AvgIpc) is 3.56. The number of carbonyl (C=O) groups excluding carboxylic acids is 2. The number of fused-ring (bicyclic) bond motifs is 1. The molecule has 3 atom stereocenters. The molecule has 1 aliphatic heterocycles. The first kappa shape index (κ1) is 26.6. The summed E-state index contributed by atoms with van der Waals surface area (Å²) < 4.78 is 14.4. The van der Waals surface area contributed by atoms with Crippen molar-refractivity contribution in [1.29, 1.82) is 0 Å². The van der Waals surface area contributed by atoms with E-state index in [1.165, 1.54) is 4.68 Å². The minimum absolute atomic E-state index is 0.0394. The maximum atomic E-state index is 12.5. The second-order valence-corrected chi connectivity index (χ2v) is 9.96. The Labute approximate surface area is 217 Å². The number of esters is 2. The highest BCUT2D eigenvalue weighted by molar-refractivity contribution is 5.77. The molecule has 11 heteroatoms. The van der Waals surface area contributed by atoms with Crippen molar-refractivity contribution in [2.75, 3.05) is 25.5 Å². The summed E-state index contributed by atoms with van der Waals surface area (Å²) in [7, 11) is 1.82. The van der Waals surface area contributed by atoms with Gasteiger partial charge in [0.2, 0.25) is 5.95 Å². The van der Waals surface area contributed by atoms with Crippen LogP contribution in [0.25, 0.3) is 11.0 Å². The molecule has 0 saturated carbocycles. The highest BCUT2D eigenvalue weighted by Gasteiger charge is 2.37. The summed E-state index contributed by atoms with van der Waals surface area (Å²) in [4.78, 5) is 35.6. The third kappa shape index (κ3) is 6.46. The molecule has 0 aliphatic carbocycles. The van der Waals surface area contributed by atoms with E-state index in [1.54, 1.807) is 19.3 Å². The maximum absolute atomic E-state index is 12.5. The van der Waals surface area contributed by atoms with Gasteiger partial charge in [-0.15, -0.1) is 0 Å². The van der Waals surface area contributed by atoms with Crippen molar-refractivity contribution in [2.24, 2.45) is 11.8 Å². The number of nitrogens with one attached hydrogen (secondary N) is 1. The zero-order valence-electron chi connectivity index (χ0n) is 22.3. The van der Waals surface area contributed by atoms with Crippen molar-refractivity contribution >= 4 is 34.6 Å². The van der Waals surface area contributed by atoms with Gasteiger partial charge < -0.3 is 19.4 Å². The van der Waals surface area contributed by atoms with E-state index in [-0.39, 0.29) is 18.6 Å². The molecular formula is C26H37N7O4. The van der Waals surface area contributed by atoms with Gasteiger partial charge in [-0.2, -0.15) is 10.1 Å². The van der Waals surface area contributed by atoms with Gasteiger partial charge in [-0.3, -0.25) is 19.2 Å². The van der Waals surface area contributed by atoms with E-state index in [2.05, 4.69) is 46.9 Å². The lowest BCUT2D eigenvalue weighted by molar-refractivity contribution is -0.151. The van der Waals surface area contributed by atoms with Crippen LogP contribution in [0.2, 0.25) is 0 Å². The Morgan fingerprint density at radius 3 is 2.78 bits per heavy atom. The van der Waals surface area contributed by atoms with E-state index in [0.29, 0.717) is 43.0 Å². The molecule has 3 aromatic rings. The van der Waals surface area contributed by atoms with Gasteiger partial charge in [-0.25, -0.2) is 4.98 Å². The number of rotatable bonds is 11. The van der Waals surface area contributed by atoms with Crippen LogP contribution in [0.15, 0.2) is 30.9 Å². The number of ether oxygens (including phenoxy) is 2. The van der Waals surface area contributed by atoms with E-state index in [9.17, 15) is 9.59 Å². The van der Waals surface area contributed by atoms with Gasteiger partial charge in [-0.05, 0) is 31.9 Å². The summed E-state index contributed by atoms with van der Waals surface area (Å²) in [5.41, 5.74) is 1.55. The van der Waals surface area contributed by atoms with Crippen LogP contribution in [0.3, 0.4) is 0 Å². The zero-order valence-corrected chi connectivity index (χ0v) is 22.3. The fourth-order valence-electron chi connectivity index (χ4n) is 4.79. The van der Waals surface area contributed by atoms with Crippen LogP contribution < -0.4 is 5.32 Å². The lowest BCUT2D eigenvalue weighted by Crippen LogP contribution is -2.34. The number of aromatic nitrogens is 5. The van der Waals surface area contributed by atoms with Gasteiger partial charge in [0.25, 0.3) is 0 Å². The number of nitrogens with zero attached hydrogens (tertiary/aromatic N) is 6. The summed E-state index contributed by atoms with van der Waals surface area (Å²) >= 11 is 0. The Bertz CT molecular complexity index is 1220. The van der Waals surface area contributed by atoms with Crippen molar-refractivity contribution in [3.63, 3.8) is 0 Å². The Balaban J connectivity index is 1.34. The molecule has 200 valence electrons. The van der Waals surface area contributed by atoms with E-state index in [4.69, 9.17) is 14.5 Å². The number of likely N-dealkylation sites (tertiary alicyclic amines) is 1. The second kappa shape index (κ2) is 11.7. The van der Waals surface area contributed by atoms with Crippen LogP contribution in [-0.4, -0.2) is 73.5 Å². The maximum Gasteiger partial charge on any atom is 0.328 e. The van der Waals surface area contributed by atoms with Crippen molar-refractivity contribution in [3.8, 4) is 0 Å². The Morgan fingerprint density at radius 2 is 2.05 bits per heavy atom. The molecule has 4 heterocycles. The predicted molar refractivity (Wildman–Crippen MR) is 139 cm³/mol. The summed E-state index contributed by atoms with van der Waals surface area (Å²) in [6.45, 7) is 10.2. The van der Waals surface area contributed by atoms with Crippen molar-refractivity contribution < 1.29 is 19.1 Å². The highest BCUT2D eigenvalue weighted by Crippen LogP contribution is 2.23. The van der Waals surface area contributed by atoms with E-state index in [0.717, 1.165) is 24.0 Å². The van der Waals surface area contributed by atoms with E-state index in [1.807, 2.05) is 24.2 Å². The van der Waals surface area contributed by atoms with E-state index >= 15 is 0 Å². The third-order valence-electron chi connectivity index (χ3n) is 6.95. The molecule has 0 amide bonds. The molecule has 1 aliphatic rings. The van der Waals surface area contributed by atoms with Crippen LogP contribution in [0.1, 0.15) is 40.5 Å². The molecular weight excluding hydrogens is 474 g/mol. The summed E-state index contributed by atoms with van der Waals surface area (Å²) in [6.07, 6.45) is 8.37. The summed E-state index contributed by atoms with van der Waals surface area (Å²) in [5, 5.41) is 8.43. The van der Waals surface area contributed by atoms with Crippen molar-refractivity contribution in [3.05, 3.63) is 30.9 Å². The first-order valence-electron chi connectivity index (χ1n) is 12.9.